The van der Waals surface area contributed by atoms with Crippen LogP contribution in [0.25, 0.3) is 0 Å². The van der Waals surface area contributed by atoms with Crippen LogP contribution >= 0.6 is 0 Å². The summed E-state index contributed by atoms with van der Waals surface area (Å²) >= 11 is 0. The van der Waals surface area contributed by atoms with Crippen LogP contribution in [0.2, 0.25) is 0 Å². The molecule has 8 heteroatoms. The summed E-state index contributed by atoms with van der Waals surface area (Å²) in [5, 5.41) is 21.1. The SMILES string of the molecule is O=[N+]([O-])c1cnccc1NCCn1ccnn1. The topological polar surface area (TPSA) is 98.8 Å². The lowest BCUT2D eigenvalue weighted by Crippen LogP contribution is -2.12. The summed E-state index contributed by atoms with van der Waals surface area (Å²) in [5.74, 6) is 0. The fourth-order valence-corrected chi connectivity index (χ4v) is 1.34. The molecule has 2 rings (SSSR count). The zero-order valence-corrected chi connectivity index (χ0v) is 8.85. The molecule has 8 nitrogen and oxygen atoms in total. The van der Waals surface area contributed by atoms with E-state index in [-0.39, 0.29) is 5.69 Å². The Hall–Kier alpha value is -2.51. The number of hydrogen-bond acceptors (Lipinski definition) is 6. The molecule has 0 amide bonds. The van der Waals surface area contributed by atoms with Crippen LogP contribution in [0.3, 0.4) is 0 Å². The molecule has 0 atom stereocenters. The van der Waals surface area contributed by atoms with Crippen molar-refractivity contribution in [1.82, 2.24) is 20.0 Å². The van der Waals surface area contributed by atoms with Crippen molar-refractivity contribution in [1.29, 1.82) is 0 Å². The molecule has 88 valence electrons. The van der Waals surface area contributed by atoms with Gasteiger partial charge in [0.05, 0.1) is 17.7 Å². The molecule has 0 saturated carbocycles. The van der Waals surface area contributed by atoms with Crippen molar-refractivity contribution in [3.63, 3.8) is 0 Å². The fourth-order valence-electron chi connectivity index (χ4n) is 1.34. The van der Waals surface area contributed by atoms with E-state index < -0.39 is 4.92 Å². The molecule has 0 bridgehead atoms. The van der Waals surface area contributed by atoms with Crippen molar-refractivity contribution in [3.8, 4) is 0 Å². The van der Waals surface area contributed by atoms with Gasteiger partial charge in [0.15, 0.2) is 0 Å². The molecule has 0 spiro atoms. The quantitative estimate of drug-likeness (QED) is 0.603. The molecule has 0 aromatic carbocycles. The van der Waals surface area contributed by atoms with Crippen molar-refractivity contribution in [2.75, 3.05) is 11.9 Å². The highest BCUT2D eigenvalue weighted by molar-refractivity contribution is 5.59. The second-order valence-corrected chi connectivity index (χ2v) is 3.24. The van der Waals surface area contributed by atoms with Gasteiger partial charge < -0.3 is 5.32 Å². The van der Waals surface area contributed by atoms with E-state index in [1.807, 2.05) is 0 Å². The van der Waals surface area contributed by atoms with Gasteiger partial charge in [-0.1, -0.05) is 5.21 Å². The number of nitrogens with zero attached hydrogens (tertiary/aromatic N) is 5. The first-order valence-electron chi connectivity index (χ1n) is 4.94. The van der Waals surface area contributed by atoms with Crippen molar-refractivity contribution in [2.45, 2.75) is 6.54 Å². The molecule has 0 radical (unpaired) electrons. The smallest absolute Gasteiger partial charge is 0.310 e. The standard InChI is InChI=1S/C9H10N6O2/c16-15(17)9-7-10-2-1-8(9)11-3-5-14-6-4-12-13-14/h1-2,4,6-7H,3,5H2,(H,10,11). The Morgan fingerprint density at radius 2 is 2.35 bits per heavy atom. The number of nitro groups is 1. The summed E-state index contributed by atoms with van der Waals surface area (Å²) in [5.41, 5.74) is 0.413. The van der Waals surface area contributed by atoms with Gasteiger partial charge in [-0.3, -0.25) is 19.8 Å². The highest BCUT2D eigenvalue weighted by Crippen LogP contribution is 2.21. The van der Waals surface area contributed by atoms with E-state index in [1.54, 1.807) is 23.1 Å². The van der Waals surface area contributed by atoms with Crippen LogP contribution in [0.4, 0.5) is 11.4 Å². The Bertz CT molecular complexity index is 498. The van der Waals surface area contributed by atoms with Gasteiger partial charge in [0.1, 0.15) is 11.9 Å². The first-order chi connectivity index (χ1) is 8.27. The third-order valence-electron chi connectivity index (χ3n) is 2.13. The van der Waals surface area contributed by atoms with Crippen LogP contribution in [-0.4, -0.2) is 31.4 Å². The second-order valence-electron chi connectivity index (χ2n) is 3.24. The van der Waals surface area contributed by atoms with Gasteiger partial charge >= 0.3 is 5.69 Å². The van der Waals surface area contributed by atoms with Gasteiger partial charge in [0.2, 0.25) is 0 Å². The van der Waals surface area contributed by atoms with Gasteiger partial charge in [-0.05, 0) is 6.07 Å². The van der Waals surface area contributed by atoms with Crippen molar-refractivity contribution in [3.05, 3.63) is 41.0 Å². The summed E-state index contributed by atoms with van der Waals surface area (Å²) in [6.07, 6.45) is 6.03. The Kier molecular flexibility index (Phi) is 3.24. The highest BCUT2D eigenvalue weighted by Gasteiger charge is 2.12. The van der Waals surface area contributed by atoms with Crippen LogP contribution in [0.15, 0.2) is 30.9 Å². The highest BCUT2D eigenvalue weighted by atomic mass is 16.6. The van der Waals surface area contributed by atoms with Gasteiger partial charge in [0, 0.05) is 18.9 Å². The molecule has 0 fully saturated rings. The van der Waals surface area contributed by atoms with Crippen molar-refractivity contribution in [2.24, 2.45) is 0 Å². The Labute approximate surface area is 96.4 Å². The molecule has 0 aliphatic heterocycles. The second kappa shape index (κ2) is 5.01. The van der Waals surface area contributed by atoms with E-state index in [0.29, 0.717) is 18.8 Å². The number of hydrogen-bond donors (Lipinski definition) is 1. The molecule has 0 aliphatic rings. The van der Waals surface area contributed by atoms with Crippen LogP contribution in [0.5, 0.6) is 0 Å². The molecule has 2 heterocycles. The van der Waals surface area contributed by atoms with Crippen LogP contribution in [0.1, 0.15) is 0 Å². The van der Waals surface area contributed by atoms with E-state index >= 15 is 0 Å². The van der Waals surface area contributed by atoms with E-state index in [9.17, 15) is 10.1 Å². The number of anilines is 1. The lowest BCUT2D eigenvalue weighted by molar-refractivity contribution is -0.384. The summed E-state index contributed by atoms with van der Waals surface area (Å²) < 4.78 is 1.64. The molecule has 0 saturated heterocycles. The maximum atomic E-state index is 10.7. The Morgan fingerprint density at radius 1 is 1.47 bits per heavy atom. The first kappa shape index (κ1) is 11.0. The zero-order chi connectivity index (χ0) is 12.1. The summed E-state index contributed by atoms with van der Waals surface area (Å²) in [7, 11) is 0. The molecule has 17 heavy (non-hydrogen) atoms. The third kappa shape index (κ3) is 2.74. The van der Waals surface area contributed by atoms with Gasteiger partial charge in [-0.15, -0.1) is 5.10 Å². The minimum atomic E-state index is -0.467. The predicted octanol–water partition coefficient (Wildman–Crippen LogP) is 0.693. The van der Waals surface area contributed by atoms with Crippen molar-refractivity contribution >= 4 is 11.4 Å². The summed E-state index contributed by atoms with van der Waals surface area (Å²) in [6, 6.07) is 1.57. The lowest BCUT2D eigenvalue weighted by atomic mass is 10.3. The summed E-state index contributed by atoms with van der Waals surface area (Å²) in [6.45, 7) is 1.10. The molecular formula is C9H10N6O2. The molecular weight excluding hydrogens is 224 g/mol. The summed E-state index contributed by atoms with van der Waals surface area (Å²) in [4.78, 5) is 14.0. The molecule has 0 aliphatic carbocycles. The van der Waals surface area contributed by atoms with Gasteiger partial charge in [-0.2, -0.15) is 0 Å². The monoisotopic (exact) mass is 234 g/mol. The molecule has 2 aromatic heterocycles. The average molecular weight is 234 g/mol. The minimum absolute atomic E-state index is 0.0360. The van der Waals surface area contributed by atoms with Gasteiger partial charge in [0.25, 0.3) is 0 Å². The zero-order valence-electron chi connectivity index (χ0n) is 8.85. The first-order valence-corrected chi connectivity index (χ1v) is 4.94. The van der Waals surface area contributed by atoms with E-state index in [4.69, 9.17) is 0 Å². The predicted molar refractivity (Wildman–Crippen MR) is 59.4 cm³/mol. The van der Waals surface area contributed by atoms with E-state index in [2.05, 4.69) is 20.6 Å². The fraction of sp³-hybridized carbons (Fsp3) is 0.222. The van der Waals surface area contributed by atoms with Crippen LogP contribution in [-0.2, 0) is 6.54 Å². The van der Waals surface area contributed by atoms with Crippen LogP contribution < -0.4 is 5.32 Å². The maximum absolute atomic E-state index is 10.7. The molecule has 0 unspecified atom stereocenters. The third-order valence-corrected chi connectivity index (χ3v) is 2.13. The van der Waals surface area contributed by atoms with Crippen LogP contribution in [0, 0.1) is 10.1 Å². The molecule has 1 N–H and O–H groups in total. The largest absolute Gasteiger partial charge is 0.378 e. The number of rotatable bonds is 5. The maximum Gasteiger partial charge on any atom is 0.310 e. The van der Waals surface area contributed by atoms with Gasteiger partial charge in [-0.25, -0.2) is 0 Å². The van der Waals surface area contributed by atoms with Crippen molar-refractivity contribution < 1.29 is 4.92 Å². The van der Waals surface area contributed by atoms with E-state index in [1.165, 1.54) is 12.4 Å². The lowest BCUT2D eigenvalue weighted by Gasteiger charge is -2.05. The van der Waals surface area contributed by atoms with E-state index in [0.717, 1.165) is 0 Å². The number of aromatic nitrogens is 4. The Balaban J connectivity index is 1.97. The number of nitrogens with one attached hydrogen (secondary N) is 1. The average Bonchev–Trinajstić information content (AvgIpc) is 2.82. The Morgan fingerprint density at radius 3 is 3.06 bits per heavy atom. The normalized spacial score (nSPS) is 10.1. The molecule has 2 aromatic rings. The minimum Gasteiger partial charge on any atom is -0.378 e. The number of pyridine rings is 1.